The number of nitrogens with one attached hydrogen (secondary N) is 2. The van der Waals surface area contributed by atoms with E-state index < -0.39 is 0 Å². The minimum absolute atomic E-state index is 0.0753. The molecule has 1 amide bonds. The van der Waals surface area contributed by atoms with Crippen molar-refractivity contribution < 1.29 is 9.53 Å². The van der Waals surface area contributed by atoms with Gasteiger partial charge in [0.25, 0.3) is 0 Å². The first-order valence-corrected chi connectivity index (χ1v) is 11.8. The van der Waals surface area contributed by atoms with Crippen molar-refractivity contribution in [3.8, 4) is 0 Å². The van der Waals surface area contributed by atoms with Crippen LogP contribution in [0.15, 0.2) is 47.1 Å². The summed E-state index contributed by atoms with van der Waals surface area (Å²) in [4.78, 5) is 25.1. The van der Waals surface area contributed by atoms with Crippen LogP contribution in [0.5, 0.6) is 0 Å². The van der Waals surface area contributed by atoms with E-state index in [2.05, 4.69) is 50.8 Å². The van der Waals surface area contributed by atoms with E-state index in [1.807, 2.05) is 18.2 Å². The van der Waals surface area contributed by atoms with Gasteiger partial charge in [-0.2, -0.15) is 0 Å². The lowest BCUT2D eigenvalue weighted by Gasteiger charge is -2.34. The summed E-state index contributed by atoms with van der Waals surface area (Å²) >= 11 is 1.75. The van der Waals surface area contributed by atoms with E-state index in [9.17, 15) is 4.79 Å². The number of morpholine rings is 1. The number of fused-ring (bicyclic) bond motifs is 1. The van der Waals surface area contributed by atoms with E-state index in [4.69, 9.17) is 9.72 Å². The Labute approximate surface area is 192 Å². The summed E-state index contributed by atoms with van der Waals surface area (Å²) in [6, 6.07) is 10.1. The van der Waals surface area contributed by atoms with Gasteiger partial charge < -0.3 is 20.3 Å². The molecule has 1 aromatic heterocycles. The highest BCUT2D eigenvalue weighted by atomic mass is 32.2. The highest BCUT2D eigenvalue weighted by Crippen LogP contribution is 2.40. The van der Waals surface area contributed by atoms with Crippen LogP contribution in [0.25, 0.3) is 5.57 Å². The molecule has 2 fully saturated rings. The topological polar surface area (TPSA) is 82.6 Å². The molecule has 4 heterocycles. The molecule has 168 valence electrons. The normalized spacial score (nSPS) is 23.8. The summed E-state index contributed by atoms with van der Waals surface area (Å²) in [6.07, 6.45) is 1.78. The Bertz CT molecular complexity index is 1040. The zero-order chi connectivity index (χ0) is 22.1. The predicted molar refractivity (Wildman–Crippen MR) is 125 cm³/mol. The van der Waals surface area contributed by atoms with Crippen LogP contribution in [-0.2, 0) is 9.53 Å². The van der Waals surface area contributed by atoms with Gasteiger partial charge in [0.1, 0.15) is 6.04 Å². The largest absolute Gasteiger partial charge is 0.379 e. The fourth-order valence-corrected chi connectivity index (χ4v) is 5.68. The van der Waals surface area contributed by atoms with Gasteiger partial charge in [-0.3, -0.25) is 4.79 Å². The Morgan fingerprint density at radius 2 is 2.06 bits per heavy atom. The smallest absolute Gasteiger partial charge is 0.243 e. The molecule has 2 atom stereocenters. The lowest BCUT2D eigenvalue weighted by atomic mass is 9.92. The number of hydrogen-bond acceptors (Lipinski definition) is 8. The molecule has 8 nitrogen and oxygen atoms in total. The van der Waals surface area contributed by atoms with Crippen molar-refractivity contribution in [3.63, 3.8) is 0 Å². The number of nitrogens with zero attached hydrogens (tertiary/aromatic N) is 4. The summed E-state index contributed by atoms with van der Waals surface area (Å²) < 4.78 is 7.75. The molecule has 2 saturated heterocycles. The second-order valence-corrected chi connectivity index (χ2v) is 9.44. The second-order valence-electron chi connectivity index (χ2n) is 8.27. The first kappa shape index (κ1) is 21.2. The quantitative estimate of drug-likeness (QED) is 0.671. The van der Waals surface area contributed by atoms with Crippen LogP contribution in [0.4, 0.5) is 11.6 Å². The number of anilines is 2. The third kappa shape index (κ3) is 4.20. The van der Waals surface area contributed by atoms with Crippen LogP contribution in [0.1, 0.15) is 19.5 Å². The lowest BCUT2D eigenvalue weighted by Crippen LogP contribution is -2.54. The fraction of sp³-hybridized carbons (Fsp3) is 0.435. The van der Waals surface area contributed by atoms with Crippen molar-refractivity contribution in [2.45, 2.75) is 24.8 Å². The maximum Gasteiger partial charge on any atom is 0.243 e. The SMILES string of the molecule is CC1=C(c2ccnc(Nc3cccc(SN4CCOCC4)c3)n2)C(C)C2C(=O)NCCN12. The van der Waals surface area contributed by atoms with Crippen molar-refractivity contribution in [2.24, 2.45) is 5.92 Å². The number of benzene rings is 1. The monoisotopic (exact) mass is 452 g/mol. The molecule has 3 aliphatic heterocycles. The molecule has 5 rings (SSSR count). The number of piperazine rings is 1. The molecule has 0 saturated carbocycles. The summed E-state index contributed by atoms with van der Waals surface area (Å²) in [5.41, 5.74) is 4.07. The highest BCUT2D eigenvalue weighted by molar-refractivity contribution is 7.97. The van der Waals surface area contributed by atoms with Gasteiger partial charge in [0.15, 0.2) is 0 Å². The number of carbonyl (C=O) groups excluding carboxylic acids is 1. The van der Waals surface area contributed by atoms with E-state index >= 15 is 0 Å². The van der Waals surface area contributed by atoms with E-state index in [0.717, 1.165) is 55.5 Å². The van der Waals surface area contributed by atoms with Gasteiger partial charge in [0.05, 0.1) is 18.9 Å². The van der Waals surface area contributed by atoms with Crippen molar-refractivity contribution in [3.05, 3.63) is 47.9 Å². The number of allylic oxidation sites excluding steroid dienone is 1. The number of rotatable bonds is 5. The number of aromatic nitrogens is 2. The number of carbonyl (C=O) groups is 1. The second kappa shape index (κ2) is 9.09. The molecule has 3 aliphatic rings. The molecule has 1 aromatic carbocycles. The molecule has 9 heteroatoms. The first-order chi connectivity index (χ1) is 15.6. The lowest BCUT2D eigenvalue weighted by molar-refractivity contribution is -0.128. The van der Waals surface area contributed by atoms with E-state index in [-0.39, 0.29) is 17.9 Å². The molecule has 0 radical (unpaired) electrons. The van der Waals surface area contributed by atoms with Gasteiger partial charge in [-0.05, 0) is 43.1 Å². The third-order valence-corrected chi connectivity index (χ3v) is 7.32. The molecule has 0 aliphatic carbocycles. The summed E-state index contributed by atoms with van der Waals surface area (Å²) in [6.45, 7) is 9.12. The summed E-state index contributed by atoms with van der Waals surface area (Å²) in [5, 5.41) is 6.34. The fourth-order valence-electron chi connectivity index (χ4n) is 4.73. The zero-order valence-electron chi connectivity index (χ0n) is 18.4. The average Bonchev–Trinajstić information content (AvgIpc) is 3.06. The van der Waals surface area contributed by atoms with Gasteiger partial charge in [-0.15, -0.1) is 0 Å². The van der Waals surface area contributed by atoms with Crippen LogP contribution in [0, 0.1) is 5.92 Å². The predicted octanol–water partition coefficient (Wildman–Crippen LogP) is 2.74. The summed E-state index contributed by atoms with van der Waals surface area (Å²) in [5.74, 6) is 0.726. The third-order valence-electron chi connectivity index (χ3n) is 6.23. The van der Waals surface area contributed by atoms with Crippen molar-refractivity contribution >= 4 is 35.1 Å². The van der Waals surface area contributed by atoms with E-state index in [0.29, 0.717) is 12.5 Å². The molecule has 2 N–H and O–H groups in total. The Morgan fingerprint density at radius 3 is 2.88 bits per heavy atom. The maximum absolute atomic E-state index is 12.5. The van der Waals surface area contributed by atoms with E-state index in [1.54, 1.807) is 18.1 Å². The van der Waals surface area contributed by atoms with Gasteiger partial charge in [-0.25, -0.2) is 14.3 Å². The van der Waals surface area contributed by atoms with E-state index in [1.165, 1.54) is 4.90 Å². The highest BCUT2D eigenvalue weighted by Gasteiger charge is 2.43. The first-order valence-electron chi connectivity index (χ1n) is 11.1. The van der Waals surface area contributed by atoms with Gasteiger partial charge in [0.2, 0.25) is 11.9 Å². The standard InChI is InChI=1S/C23H28N6O2S/c1-15-20(16(2)29-9-8-24-22(30)21(15)29)19-6-7-25-23(27-19)26-17-4-3-5-18(14-17)32-28-10-12-31-13-11-28/h3-7,14-15,21H,8-13H2,1-2H3,(H,24,30)(H,25,26,27). The molecular formula is C23H28N6O2S. The van der Waals surface area contributed by atoms with Crippen LogP contribution in [0.2, 0.25) is 0 Å². The Kier molecular flexibility index (Phi) is 6.03. The van der Waals surface area contributed by atoms with Crippen LogP contribution in [-0.4, -0.2) is 70.5 Å². The Morgan fingerprint density at radius 1 is 1.22 bits per heavy atom. The van der Waals surface area contributed by atoms with Crippen LogP contribution < -0.4 is 10.6 Å². The number of hydrogen-bond donors (Lipinski definition) is 2. The minimum Gasteiger partial charge on any atom is -0.379 e. The zero-order valence-corrected chi connectivity index (χ0v) is 19.2. The molecule has 2 unspecified atom stereocenters. The molecule has 0 bridgehead atoms. The van der Waals surface area contributed by atoms with Crippen molar-refractivity contribution in [1.29, 1.82) is 0 Å². The Hall–Kier alpha value is -2.62. The van der Waals surface area contributed by atoms with Gasteiger partial charge in [0, 0.05) is 60.1 Å². The maximum atomic E-state index is 12.5. The van der Waals surface area contributed by atoms with Gasteiger partial charge in [-0.1, -0.05) is 13.0 Å². The van der Waals surface area contributed by atoms with Crippen LogP contribution >= 0.6 is 11.9 Å². The Balaban J connectivity index is 1.34. The van der Waals surface area contributed by atoms with Crippen molar-refractivity contribution in [1.82, 2.24) is 24.5 Å². The average molecular weight is 453 g/mol. The molecule has 2 aromatic rings. The van der Waals surface area contributed by atoms with Gasteiger partial charge >= 0.3 is 0 Å². The molecule has 0 spiro atoms. The molecular weight excluding hydrogens is 424 g/mol. The van der Waals surface area contributed by atoms with Crippen molar-refractivity contribution in [2.75, 3.05) is 44.7 Å². The van der Waals surface area contributed by atoms with Crippen LogP contribution in [0.3, 0.4) is 0 Å². The number of amides is 1. The minimum atomic E-state index is -0.154. The summed E-state index contributed by atoms with van der Waals surface area (Å²) in [7, 11) is 0. The molecule has 32 heavy (non-hydrogen) atoms. The number of ether oxygens (including phenoxy) is 1.